The molecule has 0 atom stereocenters. The van der Waals surface area contributed by atoms with Gasteiger partial charge < -0.3 is 15.3 Å². The van der Waals surface area contributed by atoms with Crippen molar-refractivity contribution in [3.8, 4) is 17.0 Å². The number of aromatic hydroxyl groups is 1. The first-order chi connectivity index (χ1) is 10.5. The van der Waals surface area contributed by atoms with E-state index in [-0.39, 0.29) is 11.7 Å². The number of benzene rings is 1. The third-order valence-electron chi connectivity index (χ3n) is 3.08. The van der Waals surface area contributed by atoms with Crippen molar-refractivity contribution in [3.63, 3.8) is 0 Å². The van der Waals surface area contributed by atoms with Crippen molar-refractivity contribution < 1.29 is 9.90 Å². The van der Waals surface area contributed by atoms with Crippen LogP contribution in [0.2, 0.25) is 0 Å². The number of nitrogens with one attached hydrogen (secondary N) is 1. The van der Waals surface area contributed by atoms with Crippen LogP contribution in [-0.2, 0) is 4.79 Å². The van der Waals surface area contributed by atoms with E-state index >= 15 is 0 Å². The fourth-order valence-corrected chi connectivity index (χ4v) is 1.79. The smallest absolute Gasteiger partial charge is 0.246 e. The van der Waals surface area contributed by atoms with E-state index in [4.69, 9.17) is 0 Å². The van der Waals surface area contributed by atoms with Crippen LogP contribution in [-0.4, -0.2) is 47.3 Å². The third-order valence-corrected chi connectivity index (χ3v) is 3.08. The molecule has 0 spiro atoms. The molecule has 2 N–H and O–H groups in total. The molecule has 0 aliphatic carbocycles. The highest BCUT2D eigenvalue weighted by Gasteiger charge is 2.07. The van der Waals surface area contributed by atoms with E-state index in [1.54, 1.807) is 51.5 Å². The highest BCUT2D eigenvalue weighted by Crippen LogP contribution is 2.28. The standard InChI is InChI=1S/C16H18N4O2/c1-17-15-8-7-13(18-19-15)12-6-4-11(10-14(12)21)5-9-16(22)20(2)3/h4-10,21H,1-3H3,(H,17,19)/b9-5+. The van der Waals surface area contributed by atoms with Crippen molar-refractivity contribution in [2.24, 2.45) is 0 Å². The van der Waals surface area contributed by atoms with E-state index in [2.05, 4.69) is 15.5 Å². The van der Waals surface area contributed by atoms with Gasteiger partial charge in [-0.05, 0) is 35.9 Å². The Bertz CT molecular complexity index is 694. The molecule has 6 heteroatoms. The fourth-order valence-electron chi connectivity index (χ4n) is 1.79. The first-order valence-electron chi connectivity index (χ1n) is 6.75. The lowest BCUT2D eigenvalue weighted by atomic mass is 10.1. The summed E-state index contributed by atoms with van der Waals surface area (Å²) in [5, 5.41) is 21.1. The highest BCUT2D eigenvalue weighted by molar-refractivity contribution is 5.91. The quantitative estimate of drug-likeness (QED) is 0.844. The van der Waals surface area contributed by atoms with Gasteiger partial charge in [-0.25, -0.2) is 0 Å². The molecule has 0 radical (unpaired) electrons. The van der Waals surface area contributed by atoms with Crippen molar-refractivity contribution in [2.75, 3.05) is 26.5 Å². The summed E-state index contributed by atoms with van der Waals surface area (Å²) >= 11 is 0. The summed E-state index contributed by atoms with van der Waals surface area (Å²) in [7, 11) is 5.12. The van der Waals surface area contributed by atoms with Gasteiger partial charge in [0.25, 0.3) is 0 Å². The molecule has 0 saturated carbocycles. The first-order valence-corrected chi connectivity index (χ1v) is 6.75. The number of carbonyl (C=O) groups excluding carboxylic acids is 1. The molecule has 2 rings (SSSR count). The normalized spacial score (nSPS) is 10.7. The molecule has 0 bridgehead atoms. The minimum atomic E-state index is -0.114. The number of hydrogen-bond donors (Lipinski definition) is 2. The van der Waals surface area contributed by atoms with E-state index in [1.165, 1.54) is 11.0 Å². The predicted molar refractivity (Wildman–Crippen MR) is 86.4 cm³/mol. The maximum Gasteiger partial charge on any atom is 0.246 e. The lowest BCUT2D eigenvalue weighted by Crippen LogP contribution is -2.18. The van der Waals surface area contributed by atoms with Crippen LogP contribution in [0.25, 0.3) is 17.3 Å². The summed E-state index contributed by atoms with van der Waals surface area (Å²) in [5.41, 5.74) is 1.90. The SMILES string of the molecule is CNc1ccc(-c2ccc(/C=C/C(=O)N(C)C)cc2O)nn1. The summed E-state index contributed by atoms with van der Waals surface area (Å²) < 4.78 is 0. The Kier molecular flexibility index (Phi) is 4.73. The van der Waals surface area contributed by atoms with Gasteiger partial charge in [0.15, 0.2) is 0 Å². The number of rotatable bonds is 4. The van der Waals surface area contributed by atoms with Crippen LogP contribution in [0.1, 0.15) is 5.56 Å². The lowest BCUT2D eigenvalue weighted by Gasteiger charge is -2.07. The Labute approximate surface area is 129 Å². The minimum Gasteiger partial charge on any atom is -0.507 e. The number of nitrogens with zero attached hydrogens (tertiary/aromatic N) is 3. The van der Waals surface area contributed by atoms with Gasteiger partial charge in [0.2, 0.25) is 5.91 Å². The van der Waals surface area contributed by atoms with Crippen LogP contribution in [0.4, 0.5) is 5.82 Å². The fraction of sp³-hybridized carbons (Fsp3) is 0.188. The molecule has 114 valence electrons. The van der Waals surface area contributed by atoms with Gasteiger partial charge in [0.05, 0.1) is 5.69 Å². The zero-order valence-electron chi connectivity index (χ0n) is 12.7. The van der Waals surface area contributed by atoms with Gasteiger partial charge in [-0.1, -0.05) is 6.07 Å². The molecular weight excluding hydrogens is 280 g/mol. The second-order valence-corrected chi connectivity index (χ2v) is 4.90. The van der Waals surface area contributed by atoms with E-state index in [0.29, 0.717) is 17.1 Å². The van der Waals surface area contributed by atoms with Crippen molar-refractivity contribution in [2.45, 2.75) is 0 Å². The van der Waals surface area contributed by atoms with Gasteiger partial charge in [-0.2, -0.15) is 0 Å². The number of phenolic OH excluding ortho intramolecular Hbond substituents is 1. The Morgan fingerprint density at radius 3 is 2.55 bits per heavy atom. The minimum absolute atomic E-state index is 0.0889. The van der Waals surface area contributed by atoms with Crippen molar-refractivity contribution >= 4 is 17.8 Å². The van der Waals surface area contributed by atoms with Crippen LogP contribution in [0.3, 0.4) is 0 Å². The van der Waals surface area contributed by atoms with E-state index < -0.39 is 0 Å². The molecular formula is C16H18N4O2. The molecule has 0 saturated heterocycles. The van der Waals surface area contributed by atoms with Crippen LogP contribution in [0, 0.1) is 0 Å². The Hall–Kier alpha value is -2.89. The summed E-state index contributed by atoms with van der Waals surface area (Å²) in [6.07, 6.45) is 3.11. The van der Waals surface area contributed by atoms with Crippen LogP contribution in [0.15, 0.2) is 36.4 Å². The van der Waals surface area contributed by atoms with Gasteiger partial charge in [0, 0.05) is 32.8 Å². The van der Waals surface area contributed by atoms with Crippen LogP contribution < -0.4 is 5.32 Å². The Balaban J connectivity index is 2.24. The van der Waals surface area contributed by atoms with Gasteiger partial charge >= 0.3 is 0 Å². The first kappa shape index (κ1) is 15.5. The Morgan fingerprint density at radius 1 is 1.23 bits per heavy atom. The molecule has 1 aromatic heterocycles. The number of anilines is 1. The second-order valence-electron chi connectivity index (χ2n) is 4.90. The number of aromatic nitrogens is 2. The molecule has 6 nitrogen and oxygen atoms in total. The van der Waals surface area contributed by atoms with E-state index in [9.17, 15) is 9.90 Å². The average molecular weight is 298 g/mol. The second kappa shape index (κ2) is 6.71. The topological polar surface area (TPSA) is 78.4 Å². The average Bonchev–Trinajstić information content (AvgIpc) is 2.52. The molecule has 2 aromatic rings. The molecule has 0 fully saturated rings. The summed E-state index contributed by atoms with van der Waals surface area (Å²) in [6.45, 7) is 0. The highest BCUT2D eigenvalue weighted by atomic mass is 16.3. The van der Waals surface area contributed by atoms with Crippen LogP contribution >= 0.6 is 0 Å². The monoisotopic (exact) mass is 298 g/mol. The number of likely N-dealkylation sites (N-methyl/N-ethyl adjacent to an activating group) is 1. The molecule has 1 amide bonds. The molecule has 0 aliphatic heterocycles. The number of phenols is 1. The van der Waals surface area contributed by atoms with Crippen molar-refractivity contribution in [1.29, 1.82) is 0 Å². The zero-order chi connectivity index (χ0) is 16.1. The van der Waals surface area contributed by atoms with Crippen molar-refractivity contribution in [3.05, 3.63) is 42.0 Å². The predicted octanol–water partition coefficient (Wildman–Crippen LogP) is 1.99. The van der Waals surface area contributed by atoms with Gasteiger partial charge in [0.1, 0.15) is 11.6 Å². The van der Waals surface area contributed by atoms with Crippen molar-refractivity contribution in [1.82, 2.24) is 15.1 Å². The lowest BCUT2D eigenvalue weighted by molar-refractivity contribution is -0.123. The summed E-state index contributed by atoms with van der Waals surface area (Å²) in [5.74, 6) is 0.632. The Morgan fingerprint density at radius 2 is 2.00 bits per heavy atom. The molecule has 1 heterocycles. The maximum absolute atomic E-state index is 11.5. The van der Waals surface area contributed by atoms with E-state index in [1.807, 2.05) is 6.07 Å². The number of carbonyl (C=O) groups is 1. The largest absolute Gasteiger partial charge is 0.507 e. The van der Waals surface area contributed by atoms with E-state index in [0.717, 1.165) is 5.56 Å². The number of hydrogen-bond acceptors (Lipinski definition) is 5. The zero-order valence-corrected chi connectivity index (χ0v) is 12.7. The molecule has 22 heavy (non-hydrogen) atoms. The molecule has 0 unspecified atom stereocenters. The number of amides is 1. The summed E-state index contributed by atoms with van der Waals surface area (Å²) in [4.78, 5) is 13.0. The van der Waals surface area contributed by atoms with Gasteiger partial charge in [-0.15, -0.1) is 10.2 Å². The molecule has 0 aliphatic rings. The molecule has 1 aromatic carbocycles. The van der Waals surface area contributed by atoms with Crippen LogP contribution in [0.5, 0.6) is 5.75 Å². The third kappa shape index (κ3) is 3.60. The van der Waals surface area contributed by atoms with Gasteiger partial charge in [-0.3, -0.25) is 4.79 Å². The summed E-state index contributed by atoms with van der Waals surface area (Å²) in [6, 6.07) is 8.70. The maximum atomic E-state index is 11.5.